The quantitative estimate of drug-likeness (QED) is 0.220. The number of carbonyl (C=O) groups is 2. The number of amides is 1. The average Bonchev–Trinajstić information content (AvgIpc) is 2.94. The maximum Gasteiger partial charge on any atom is 0.336 e. The summed E-state index contributed by atoms with van der Waals surface area (Å²) < 4.78 is 16.7. The van der Waals surface area contributed by atoms with Gasteiger partial charge in [0.15, 0.2) is 0 Å². The number of carbonyl (C=O) groups excluding carboxylic acids is 2. The molecule has 0 aliphatic carbocycles. The van der Waals surface area contributed by atoms with Gasteiger partial charge in [0.1, 0.15) is 18.1 Å². The van der Waals surface area contributed by atoms with Gasteiger partial charge < -0.3 is 19.1 Å². The van der Waals surface area contributed by atoms with Gasteiger partial charge in [0.25, 0.3) is 5.69 Å². The highest BCUT2D eigenvalue weighted by molar-refractivity contribution is 5.96. The zero-order valence-electron chi connectivity index (χ0n) is 21.4. The number of nitrogens with zero attached hydrogens (tertiary/aromatic N) is 2. The van der Waals surface area contributed by atoms with Gasteiger partial charge >= 0.3 is 5.97 Å². The fourth-order valence-corrected chi connectivity index (χ4v) is 4.60. The molecular weight excluding hydrogens is 488 g/mol. The Morgan fingerprint density at radius 3 is 2.42 bits per heavy atom. The molecule has 0 N–H and O–H groups in total. The summed E-state index contributed by atoms with van der Waals surface area (Å²) in [6.07, 6.45) is -0.0223. The van der Waals surface area contributed by atoms with E-state index >= 15 is 0 Å². The van der Waals surface area contributed by atoms with Gasteiger partial charge in [-0.3, -0.25) is 14.9 Å². The second-order valence-electron chi connectivity index (χ2n) is 8.83. The fraction of sp³-hybridized carbons (Fsp3) is 0.241. The molecule has 4 rings (SSSR count). The van der Waals surface area contributed by atoms with E-state index in [4.69, 9.17) is 14.2 Å². The third kappa shape index (κ3) is 5.67. The first-order valence-electron chi connectivity index (χ1n) is 12.0. The van der Waals surface area contributed by atoms with Gasteiger partial charge in [0.2, 0.25) is 5.91 Å². The molecule has 0 saturated carbocycles. The number of esters is 1. The Bertz CT molecular complexity index is 1380. The monoisotopic (exact) mass is 516 g/mol. The number of nitro groups is 1. The van der Waals surface area contributed by atoms with Crippen LogP contribution in [0, 0.1) is 10.1 Å². The number of hydrogen-bond donors (Lipinski definition) is 0. The van der Waals surface area contributed by atoms with Crippen molar-refractivity contribution in [2.45, 2.75) is 32.4 Å². The summed E-state index contributed by atoms with van der Waals surface area (Å²) in [6, 6.07) is 20.6. The average molecular weight is 517 g/mol. The van der Waals surface area contributed by atoms with Crippen LogP contribution in [-0.2, 0) is 27.5 Å². The minimum Gasteiger partial charge on any atom is -0.497 e. The third-order valence-corrected chi connectivity index (χ3v) is 6.53. The summed E-state index contributed by atoms with van der Waals surface area (Å²) >= 11 is 0. The highest BCUT2D eigenvalue weighted by atomic mass is 16.6. The molecule has 38 heavy (non-hydrogen) atoms. The van der Waals surface area contributed by atoms with E-state index in [1.165, 1.54) is 31.3 Å². The summed E-state index contributed by atoms with van der Waals surface area (Å²) in [6.45, 7) is 1.83. The van der Waals surface area contributed by atoms with E-state index in [0.717, 1.165) is 5.56 Å². The van der Waals surface area contributed by atoms with E-state index in [0.29, 0.717) is 33.9 Å². The maximum atomic E-state index is 13.6. The smallest absolute Gasteiger partial charge is 0.336 e. The first-order valence-corrected chi connectivity index (χ1v) is 12.0. The van der Waals surface area contributed by atoms with Crippen molar-refractivity contribution in [1.29, 1.82) is 0 Å². The van der Waals surface area contributed by atoms with Crippen LogP contribution in [0.3, 0.4) is 0 Å². The topological polar surface area (TPSA) is 108 Å². The zero-order chi connectivity index (χ0) is 27.2. The summed E-state index contributed by atoms with van der Waals surface area (Å²) in [4.78, 5) is 39.3. The van der Waals surface area contributed by atoms with Crippen LogP contribution >= 0.6 is 0 Å². The molecule has 0 spiro atoms. The van der Waals surface area contributed by atoms with Crippen molar-refractivity contribution in [3.63, 3.8) is 0 Å². The molecule has 0 radical (unpaired) electrons. The molecule has 0 fully saturated rings. The van der Waals surface area contributed by atoms with Crippen molar-refractivity contribution < 1.29 is 28.7 Å². The molecule has 1 aliphatic rings. The van der Waals surface area contributed by atoms with E-state index in [1.807, 2.05) is 30.3 Å². The lowest BCUT2D eigenvalue weighted by molar-refractivity contribution is -0.384. The number of ether oxygens (including phenoxy) is 3. The molecular formula is C29H28N2O7. The van der Waals surface area contributed by atoms with Crippen LogP contribution < -0.4 is 9.47 Å². The number of allylic oxidation sites excluding steroid dienone is 1. The second kappa shape index (κ2) is 11.6. The molecule has 1 unspecified atom stereocenters. The molecule has 196 valence electrons. The van der Waals surface area contributed by atoms with Crippen molar-refractivity contribution in [3.05, 3.63) is 111 Å². The summed E-state index contributed by atoms with van der Waals surface area (Å²) in [5, 5.41) is 11.2. The Hall–Kier alpha value is -4.66. The van der Waals surface area contributed by atoms with Gasteiger partial charge in [-0.05, 0) is 36.2 Å². The Balaban J connectivity index is 1.75. The highest BCUT2D eigenvalue weighted by Crippen LogP contribution is 2.42. The molecule has 0 aromatic heterocycles. The van der Waals surface area contributed by atoms with Gasteiger partial charge in [-0.1, -0.05) is 42.5 Å². The SMILES string of the molecule is COc1ccc(OC)c(C2CC(=O)N(Cc3cccc([N+](=O)[O-])c3)C(C)=C2C(=O)OCc2ccccc2)c1. The predicted molar refractivity (Wildman–Crippen MR) is 139 cm³/mol. The number of rotatable bonds is 9. The van der Waals surface area contributed by atoms with Gasteiger partial charge in [0.05, 0.1) is 31.3 Å². The summed E-state index contributed by atoms with van der Waals surface area (Å²) in [5.41, 5.74) is 2.69. The molecule has 9 heteroatoms. The standard InChI is InChI=1S/C29H28N2O7/c1-19-28(29(33)38-18-20-8-5-4-6-9-20)25(24-15-23(36-2)12-13-26(24)37-3)16-27(32)30(19)17-21-10-7-11-22(14-21)31(34)35/h4-15,25H,16-18H2,1-3H3. The Morgan fingerprint density at radius 2 is 1.74 bits per heavy atom. The molecule has 1 aliphatic heterocycles. The zero-order valence-corrected chi connectivity index (χ0v) is 21.4. The lowest BCUT2D eigenvalue weighted by atomic mass is 9.83. The molecule has 3 aromatic rings. The van der Waals surface area contributed by atoms with Crippen molar-refractivity contribution in [1.82, 2.24) is 4.90 Å². The van der Waals surface area contributed by atoms with Crippen LogP contribution in [-0.4, -0.2) is 35.9 Å². The molecule has 0 saturated heterocycles. The normalized spacial score (nSPS) is 15.3. The van der Waals surface area contributed by atoms with Crippen LogP contribution in [0.15, 0.2) is 84.1 Å². The Morgan fingerprint density at radius 1 is 1.00 bits per heavy atom. The molecule has 0 bridgehead atoms. The number of benzene rings is 3. The van der Waals surface area contributed by atoms with E-state index in [2.05, 4.69) is 0 Å². The second-order valence-corrected chi connectivity index (χ2v) is 8.83. The number of hydrogen-bond acceptors (Lipinski definition) is 7. The van der Waals surface area contributed by atoms with E-state index < -0.39 is 16.8 Å². The van der Waals surface area contributed by atoms with E-state index in [9.17, 15) is 19.7 Å². The highest BCUT2D eigenvalue weighted by Gasteiger charge is 2.38. The van der Waals surface area contributed by atoms with Crippen LogP contribution in [0.25, 0.3) is 0 Å². The van der Waals surface area contributed by atoms with Crippen LogP contribution in [0.5, 0.6) is 11.5 Å². The number of methoxy groups -OCH3 is 2. The van der Waals surface area contributed by atoms with Crippen molar-refractivity contribution >= 4 is 17.6 Å². The summed E-state index contributed by atoms with van der Waals surface area (Å²) in [7, 11) is 3.06. The Labute approximate surface area is 220 Å². The van der Waals surface area contributed by atoms with Crippen LogP contribution in [0.1, 0.15) is 36.0 Å². The first-order chi connectivity index (χ1) is 18.3. The van der Waals surface area contributed by atoms with E-state index in [-0.39, 0.29) is 31.2 Å². The van der Waals surface area contributed by atoms with E-state index in [1.54, 1.807) is 37.3 Å². The first kappa shape index (κ1) is 26.4. The fourth-order valence-electron chi connectivity index (χ4n) is 4.60. The van der Waals surface area contributed by atoms with Gasteiger partial charge in [-0.25, -0.2) is 4.79 Å². The largest absolute Gasteiger partial charge is 0.497 e. The molecule has 3 aromatic carbocycles. The predicted octanol–water partition coefficient (Wildman–Crippen LogP) is 5.15. The number of nitro benzene ring substituents is 1. The lowest BCUT2D eigenvalue weighted by Crippen LogP contribution is -2.38. The van der Waals surface area contributed by atoms with Crippen molar-refractivity contribution in [3.8, 4) is 11.5 Å². The van der Waals surface area contributed by atoms with Gasteiger partial charge in [0, 0.05) is 35.7 Å². The molecule has 1 atom stereocenters. The minimum atomic E-state index is -0.641. The van der Waals surface area contributed by atoms with Crippen LogP contribution in [0.2, 0.25) is 0 Å². The molecule has 1 heterocycles. The Kier molecular flexibility index (Phi) is 8.06. The van der Waals surface area contributed by atoms with Gasteiger partial charge in [-0.2, -0.15) is 0 Å². The molecule has 1 amide bonds. The van der Waals surface area contributed by atoms with Crippen LogP contribution in [0.4, 0.5) is 5.69 Å². The third-order valence-electron chi connectivity index (χ3n) is 6.53. The lowest BCUT2D eigenvalue weighted by Gasteiger charge is -2.35. The van der Waals surface area contributed by atoms with Crippen molar-refractivity contribution in [2.75, 3.05) is 14.2 Å². The molecule has 9 nitrogen and oxygen atoms in total. The van der Waals surface area contributed by atoms with Crippen molar-refractivity contribution in [2.24, 2.45) is 0 Å². The maximum absolute atomic E-state index is 13.6. The minimum absolute atomic E-state index is 0.0223. The summed E-state index contributed by atoms with van der Waals surface area (Å²) in [5.74, 6) is -0.364. The number of non-ortho nitro benzene ring substituents is 1. The van der Waals surface area contributed by atoms with Gasteiger partial charge in [-0.15, -0.1) is 0 Å².